The summed E-state index contributed by atoms with van der Waals surface area (Å²) in [6.07, 6.45) is 7.08. The van der Waals surface area contributed by atoms with Crippen LogP contribution in [0.4, 0.5) is 10.2 Å². The van der Waals surface area contributed by atoms with E-state index in [2.05, 4.69) is 14.9 Å². The average Bonchev–Trinajstić information content (AvgIpc) is 2.49. The lowest BCUT2D eigenvalue weighted by Gasteiger charge is -2.29. The van der Waals surface area contributed by atoms with Crippen molar-refractivity contribution in [1.82, 2.24) is 9.97 Å². The summed E-state index contributed by atoms with van der Waals surface area (Å²) in [5.74, 6) is 0.530. The fourth-order valence-electron chi connectivity index (χ4n) is 2.52. The van der Waals surface area contributed by atoms with Crippen LogP contribution in [0.2, 0.25) is 0 Å². The minimum absolute atomic E-state index is 0.452. The molecule has 2 aromatic rings. The van der Waals surface area contributed by atoms with Gasteiger partial charge in [-0.15, -0.1) is 0 Å². The first-order chi connectivity index (χ1) is 9.34. The van der Waals surface area contributed by atoms with Gasteiger partial charge in [0.1, 0.15) is 5.82 Å². The summed E-state index contributed by atoms with van der Waals surface area (Å²) in [6.45, 7) is 2.08. The summed E-state index contributed by atoms with van der Waals surface area (Å²) in [6, 6.07) is 7.08. The predicted octanol–water partition coefficient (Wildman–Crippen LogP) is 3.27. The number of anilines is 1. The summed E-state index contributed by atoms with van der Waals surface area (Å²) in [4.78, 5) is 10.5. The third kappa shape index (κ3) is 2.57. The molecule has 3 rings (SSSR count). The number of aromatic nitrogens is 2. The molecule has 1 aliphatic heterocycles. The normalized spacial score (nSPS) is 15.5. The molecule has 4 heteroatoms. The van der Waals surface area contributed by atoms with E-state index in [-0.39, 0.29) is 0 Å². The molecule has 0 aliphatic carbocycles. The van der Waals surface area contributed by atoms with E-state index in [1.165, 1.54) is 25.3 Å². The Hall–Kier alpha value is -1.97. The smallest absolute Gasteiger partial charge is 0.212 e. The second-order valence-electron chi connectivity index (χ2n) is 4.79. The Balaban J connectivity index is 1.98. The van der Waals surface area contributed by atoms with E-state index in [4.69, 9.17) is 0 Å². The monoisotopic (exact) mass is 257 g/mol. The molecule has 3 nitrogen and oxygen atoms in total. The molecule has 0 atom stereocenters. The number of pyridine rings is 2. The standard InChI is InChI=1S/C15H16FN3/c16-14-7-6-12(11-18-14)13-5-4-8-17-15(13)19-9-2-1-3-10-19/h4-8,11H,1-3,9-10H2. The third-order valence-electron chi connectivity index (χ3n) is 3.48. The molecule has 1 fully saturated rings. The van der Waals surface area contributed by atoms with Gasteiger partial charge in [-0.1, -0.05) is 0 Å². The molecule has 3 heterocycles. The van der Waals surface area contributed by atoms with Gasteiger partial charge in [0.2, 0.25) is 5.95 Å². The van der Waals surface area contributed by atoms with Crippen LogP contribution in [0, 0.1) is 5.95 Å². The maximum atomic E-state index is 12.9. The summed E-state index contributed by atoms with van der Waals surface area (Å²) in [5.41, 5.74) is 1.94. The van der Waals surface area contributed by atoms with E-state index in [1.54, 1.807) is 12.3 Å². The van der Waals surface area contributed by atoms with Gasteiger partial charge in [-0.25, -0.2) is 9.97 Å². The van der Waals surface area contributed by atoms with Gasteiger partial charge in [0, 0.05) is 36.6 Å². The van der Waals surface area contributed by atoms with Crippen LogP contribution >= 0.6 is 0 Å². The largest absolute Gasteiger partial charge is 0.356 e. The van der Waals surface area contributed by atoms with E-state index < -0.39 is 5.95 Å². The van der Waals surface area contributed by atoms with Gasteiger partial charge in [-0.05, 0) is 43.5 Å². The maximum Gasteiger partial charge on any atom is 0.212 e. The average molecular weight is 257 g/mol. The van der Waals surface area contributed by atoms with Gasteiger partial charge in [-0.3, -0.25) is 0 Å². The van der Waals surface area contributed by atoms with Crippen LogP contribution in [0.25, 0.3) is 11.1 Å². The zero-order valence-electron chi connectivity index (χ0n) is 10.7. The van der Waals surface area contributed by atoms with Crippen LogP contribution in [-0.2, 0) is 0 Å². The molecule has 98 valence electrons. The molecule has 19 heavy (non-hydrogen) atoms. The van der Waals surface area contributed by atoms with Gasteiger partial charge < -0.3 is 4.90 Å². The predicted molar refractivity (Wildman–Crippen MR) is 73.5 cm³/mol. The van der Waals surface area contributed by atoms with Gasteiger partial charge in [0.15, 0.2) is 0 Å². The molecular weight excluding hydrogens is 241 g/mol. The number of hydrogen-bond acceptors (Lipinski definition) is 3. The quantitative estimate of drug-likeness (QED) is 0.773. The van der Waals surface area contributed by atoms with Crippen molar-refractivity contribution < 1.29 is 4.39 Å². The lowest BCUT2D eigenvalue weighted by molar-refractivity contribution is 0.573. The fraction of sp³-hybridized carbons (Fsp3) is 0.333. The van der Waals surface area contributed by atoms with E-state index in [0.717, 1.165) is 30.0 Å². The van der Waals surface area contributed by atoms with Crippen molar-refractivity contribution in [2.75, 3.05) is 18.0 Å². The second kappa shape index (κ2) is 5.34. The van der Waals surface area contributed by atoms with Crippen molar-refractivity contribution in [1.29, 1.82) is 0 Å². The first-order valence-corrected chi connectivity index (χ1v) is 6.66. The molecule has 0 saturated carbocycles. The summed E-state index contributed by atoms with van der Waals surface area (Å²) < 4.78 is 12.9. The highest BCUT2D eigenvalue weighted by Gasteiger charge is 2.16. The van der Waals surface area contributed by atoms with E-state index >= 15 is 0 Å². The summed E-state index contributed by atoms with van der Waals surface area (Å²) >= 11 is 0. The number of hydrogen-bond donors (Lipinski definition) is 0. The van der Waals surface area contributed by atoms with Crippen LogP contribution in [0.3, 0.4) is 0 Å². The number of nitrogens with zero attached hydrogens (tertiary/aromatic N) is 3. The Bertz CT molecular complexity index is 548. The highest BCUT2D eigenvalue weighted by Crippen LogP contribution is 2.29. The molecule has 0 radical (unpaired) electrons. The molecule has 1 aliphatic rings. The highest BCUT2D eigenvalue weighted by atomic mass is 19.1. The molecule has 0 N–H and O–H groups in total. The zero-order valence-corrected chi connectivity index (χ0v) is 10.7. The first-order valence-electron chi connectivity index (χ1n) is 6.66. The first kappa shape index (κ1) is 12.1. The van der Waals surface area contributed by atoms with E-state index in [9.17, 15) is 4.39 Å². The van der Waals surface area contributed by atoms with E-state index in [1.807, 2.05) is 18.3 Å². The highest BCUT2D eigenvalue weighted by molar-refractivity contribution is 5.75. The minimum atomic E-state index is -0.452. The Morgan fingerprint density at radius 1 is 1.00 bits per heavy atom. The molecule has 0 unspecified atom stereocenters. The van der Waals surface area contributed by atoms with Gasteiger partial charge >= 0.3 is 0 Å². The van der Waals surface area contributed by atoms with Crippen molar-refractivity contribution in [3.05, 3.63) is 42.6 Å². The molecule has 1 saturated heterocycles. The van der Waals surface area contributed by atoms with Gasteiger partial charge in [0.25, 0.3) is 0 Å². The molecule has 0 spiro atoms. The number of rotatable bonds is 2. The van der Waals surface area contributed by atoms with Gasteiger partial charge in [-0.2, -0.15) is 4.39 Å². The second-order valence-corrected chi connectivity index (χ2v) is 4.79. The Labute approximate surface area is 112 Å². The lowest BCUT2D eigenvalue weighted by Crippen LogP contribution is -2.30. The minimum Gasteiger partial charge on any atom is -0.356 e. The van der Waals surface area contributed by atoms with Crippen LogP contribution in [0.15, 0.2) is 36.7 Å². The van der Waals surface area contributed by atoms with Crippen molar-refractivity contribution >= 4 is 5.82 Å². The van der Waals surface area contributed by atoms with Crippen molar-refractivity contribution in [2.45, 2.75) is 19.3 Å². The van der Waals surface area contributed by atoms with Crippen LogP contribution in [-0.4, -0.2) is 23.1 Å². The van der Waals surface area contributed by atoms with Crippen molar-refractivity contribution in [3.63, 3.8) is 0 Å². The molecule has 2 aromatic heterocycles. The van der Waals surface area contributed by atoms with Crippen molar-refractivity contribution in [2.24, 2.45) is 0 Å². The molecule has 0 aromatic carbocycles. The topological polar surface area (TPSA) is 29.0 Å². The van der Waals surface area contributed by atoms with Crippen LogP contribution < -0.4 is 4.90 Å². The molecular formula is C15H16FN3. The van der Waals surface area contributed by atoms with Crippen LogP contribution in [0.1, 0.15) is 19.3 Å². The van der Waals surface area contributed by atoms with Crippen molar-refractivity contribution in [3.8, 4) is 11.1 Å². The molecule has 0 bridgehead atoms. The van der Waals surface area contributed by atoms with Crippen LogP contribution in [0.5, 0.6) is 0 Å². The fourth-order valence-corrected chi connectivity index (χ4v) is 2.52. The SMILES string of the molecule is Fc1ccc(-c2cccnc2N2CCCCC2)cn1. The Morgan fingerprint density at radius 3 is 2.58 bits per heavy atom. The lowest BCUT2D eigenvalue weighted by atomic mass is 10.1. The number of piperidine rings is 1. The summed E-state index contributed by atoms with van der Waals surface area (Å²) in [7, 11) is 0. The summed E-state index contributed by atoms with van der Waals surface area (Å²) in [5, 5.41) is 0. The number of halogens is 1. The Morgan fingerprint density at radius 2 is 1.84 bits per heavy atom. The zero-order chi connectivity index (χ0) is 13.1. The van der Waals surface area contributed by atoms with Gasteiger partial charge in [0.05, 0.1) is 0 Å². The Kier molecular flexibility index (Phi) is 3.40. The third-order valence-corrected chi connectivity index (χ3v) is 3.48. The maximum absolute atomic E-state index is 12.9. The van der Waals surface area contributed by atoms with E-state index in [0.29, 0.717) is 0 Å². The molecule has 0 amide bonds.